The Labute approximate surface area is 211 Å². The molecule has 7 nitrogen and oxygen atoms in total. The van der Waals surface area contributed by atoms with Crippen LogP contribution in [0, 0.1) is 13.8 Å². The lowest BCUT2D eigenvalue weighted by Crippen LogP contribution is -2.54. The molecule has 0 spiro atoms. The maximum absolute atomic E-state index is 13.6. The third kappa shape index (κ3) is 7.84. The van der Waals surface area contributed by atoms with Crippen LogP contribution in [0.3, 0.4) is 0 Å². The number of benzene rings is 2. The predicted molar refractivity (Wildman–Crippen MR) is 140 cm³/mol. The zero-order valence-corrected chi connectivity index (χ0v) is 23.2. The maximum Gasteiger partial charge on any atom is 0.244 e. The molecule has 186 valence electrons. The van der Waals surface area contributed by atoms with E-state index in [4.69, 9.17) is 0 Å². The molecular weight excluding hydrogens is 518 g/mol. The number of rotatable bonds is 8. The van der Waals surface area contributed by atoms with Gasteiger partial charge in [0.25, 0.3) is 0 Å². The van der Waals surface area contributed by atoms with E-state index in [1.54, 1.807) is 19.1 Å². The second-order valence-corrected chi connectivity index (χ2v) is 12.4. The Kier molecular flexibility index (Phi) is 8.93. The van der Waals surface area contributed by atoms with Gasteiger partial charge in [-0.15, -0.1) is 0 Å². The van der Waals surface area contributed by atoms with E-state index in [0.717, 1.165) is 31.7 Å². The molecule has 0 saturated carbocycles. The van der Waals surface area contributed by atoms with Gasteiger partial charge in [-0.25, -0.2) is 8.42 Å². The summed E-state index contributed by atoms with van der Waals surface area (Å²) in [5.74, 6) is -0.784. The van der Waals surface area contributed by atoms with E-state index >= 15 is 0 Å². The molecule has 0 heterocycles. The zero-order chi connectivity index (χ0) is 25.8. The number of carbonyl (C=O) groups excluding carboxylic acids is 2. The van der Waals surface area contributed by atoms with E-state index in [-0.39, 0.29) is 12.5 Å². The van der Waals surface area contributed by atoms with Crippen LogP contribution >= 0.6 is 15.9 Å². The van der Waals surface area contributed by atoms with Crippen LogP contribution in [-0.4, -0.2) is 49.5 Å². The first-order valence-electron chi connectivity index (χ1n) is 11.0. The van der Waals surface area contributed by atoms with E-state index in [1.807, 2.05) is 65.0 Å². The number of aryl methyl sites for hydroxylation is 2. The third-order valence-electron chi connectivity index (χ3n) is 5.37. The average molecular weight is 553 g/mol. The van der Waals surface area contributed by atoms with Gasteiger partial charge >= 0.3 is 0 Å². The molecule has 0 unspecified atom stereocenters. The van der Waals surface area contributed by atoms with E-state index in [1.165, 1.54) is 4.90 Å². The van der Waals surface area contributed by atoms with E-state index in [0.29, 0.717) is 5.69 Å². The first-order chi connectivity index (χ1) is 15.6. The van der Waals surface area contributed by atoms with Crippen molar-refractivity contribution in [2.75, 3.05) is 17.1 Å². The quantitative estimate of drug-likeness (QED) is 0.533. The molecule has 2 rings (SSSR count). The number of anilines is 1. The summed E-state index contributed by atoms with van der Waals surface area (Å²) in [4.78, 5) is 27.9. The molecular formula is C25H34BrN3O4S. The molecule has 34 heavy (non-hydrogen) atoms. The fourth-order valence-electron chi connectivity index (χ4n) is 3.38. The molecule has 1 atom stereocenters. The van der Waals surface area contributed by atoms with Gasteiger partial charge < -0.3 is 10.2 Å². The summed E-state index contributed by atoms with van der Waals surface area (Å²) in [5.41, 5.74) is 2.69. The van der Waals surface area contributed by atoms with Crippen LogP contribution in [0.4, 0.5) is 5.69 Å². The molecule has 1 N–H and O–H groups in total. The van der Waals surface area contributed by atoms with Crippen LogP contribution in [0.1, 0.15) is 44.4 Å². The fourth-order valence-corrected chi connectivity index (χ4v) is 4.67. The fraction of sp³-hybridized carbons (Fsp3) is 0.440. The number of nitrogens with zero attached hydrogens (tertiary/aromatic N) is 2. The molecule has 2 aromatic carbocycles. The first-order valence-corrected chi connectivity index (χ1v) is 13.6. The minimum atomic E-state index is -3.75. The summed E-state index contributed by atoms with van der Waals surface area (Å²) in [7, 11) is -3.75. The Morgan fingerprint density at radius 1 is 1.06 bits per heavy atom. The highest BCUT2D eigenvalue weighted by molar-refractivity contribution is 9.10. The molecule has 0 radical (unpaired) electrons. The largest absolute Gasteiger partial charge is 0.350 e. The number of hydrogen-bond acceptors (Lipinski definition) is 4. The first kappa shape index (κ1) is 27.9. The maximum atomic E-state index is 13.6. The summed E-state index contributed by atoms with van der Waals surface area (Å²) in [6.07, 6.45) is 1.07. The van der Waals surface area contributed by atoms with E-state index < -0.39 is 34.1 Å². The van der Waals surface area contributed by atoms with Gasteiger partial charge in [0.05, 0.1) is 11.9 Å². The van der Waals surface area contributed by atoms with Crippen molar-refractivity contribution in [1.29, 1.82) is 0 Å². The number of carbonyl (C=O) groups is 2. The highest BCUT2D eigenvalue weighted by Gasteiger charge is 2.31. The topological polar surface area (TPSA) is 86.8 Å². The molecule has 0 fully saturated rings. The molecule has 0 aliphatic rings. The Bertz CT molecular complexity index is 1160. The lowest BCUT2D eigenvalue weighted by Gasteiger charge is -2.33. The van der Waals surface area contributed by atoms with Crippen LogP contribution in [0.2, 0.25) is 0 Å². The van der Waals surface area contributed by atoms with Gasteiger partial charge in [0.2, 0.25) is 21.8 Å². The van der Waals surface area contributed by atoms with Gasteiger partial charge in [-0.1, -0.05) is 34.1 Å². The van der Waals surface area contributed by atoms with Crippen LogP contribution in [0.25, 0.3) is 0 Å². The van der Waals surface area contributed by atoms with Crippen molar-refractivity contribution in [2.24, 2.45) is 0 Å². The van der Waals surface area contributed by atoms with Gasteiger partial charge in [-0.05, 0) is 82.5 Å². The van der Waals surface area contributed by atoms with Crippen LogP contribution in [0.15, 0.2) is 46.9 Å². The van der Waals surface area contributed by atoms with Crippen molar-refractivity contribution in [3.63, 3.8) is 0 Å². The van der Waals surface area contributed by atoms with Gasteiger partial charge in [0.1, 0.15) is 12.6 Å². The molecule has 9 heteroatoms. The zero-order valence-electron chi connectivity index (χ0n) is 20.8. The second kappa shape index (κ2) is 10.9. The molecule has 0 aliphatic carbocycles. The standard InChI is InChI=1S/C25H34BrN3O4S/c1-17-11-12-22(13-18(17)2)29(34(7,32)33)16-23(30)28(15-20-9-8-10-21(26)14-20)19(3)24(31)27-25(4,5)6/h8-14,19H,15-16H2,1-7H3,(H,27,31)/t19-/m1/s1. The SMILES string of the molecule is Cc1ccc(N(CC(=O)N(Cc2cccc(Br)c2)[C@H](C)C(=O)NC(C)(C)C)S(C)(=O)=O)cc1C. The molecule has 2 aromatic rings. The van der Waals surface area contributed by atoms with Crippen molar-refractivity contribution in [3.8, 4) is 0 Å². The molecule has 0 saturated heterocycles. The van der Waals surface area contributed by atoms with Crippen molar-refractivity contribution < 1.29 is 18.0 Å². The summed E-state index contributed by atoms with van der Waals surface area (Å²) >= 11 is 3.43. The summed E-state index contributed by atoms with van der Waals surface area (Å²) in [6, 6.07) is 11.9. The van der Waals surface area contributed by atoms with Crippen molar-refractivity contribution >= 4 is 43.5 Å². The lowest BCUT2D eigenvalue weighted by molar-refractivity contribution is -0.140. The van der Waals surface area contributed by atoms with Crippen molar-refractivity contribution in [3.05, 3.63) is 63.6 Å². The Morgan fingerprint density at radius 3 is 2.24 bits per heavy atom. The van der Waals surface area contributed by atoms with Crippen LogP contribution in [-0.2, 0) is 26.2 Å². The molecule has 2 amide bonds. The molecule has 0 aliphatic heterocycles. The van der Waals surface area contributed by atoms with Gasteiger partial charge in [-0.3, -0.25) is 13.9 Å². The van der Waals surface area contributed by atoms with E-state index in [9.17, 15) is 18.0 Å². The second-order valence-electron chi connectivity index (χ2n) is 9.60. The van der Waals surface area contributed by atoms with E-state index in [2.05, 4.69) is 21.2 Å². The van der Waals surface area contributed by atoms with Gasteiger partial charge in [0, 0.05) is 16.6 Å². The van der Waals surface area contributed by atoms with Crippen molar-refractivity contribution in [2.45, 2.75) is 59.7 Å². The van der Waals surface area contributed by atoms with Crippen molar-refractivity contribution in [1.82, 2.24) is 10.2 Å². The normalized spacial score (nSPS) is 12.7. The Balaban J connectivity index is 2.43. The smallest absolute Gasteiger partial charge is 0.244 e. The minimum Gasteiger partial charge on any atom is -0.350 e. The lowest BCUT2D eigenvalue weighted by atomic mass is 10.1. The number of hydrogen-bond donors (Lipinski definition) is 1. The molecule has 0 bridgehead atoms. The summed E-state index contributed by atoms with van der Waals surface area (Å²) < 4.78 is 27.2. The van der Waals surface area contributed by atoms with Gasteiger partial charge in [0.15, 0.2) is 0 Å². The van der Waals surface area contributed by atoms with Gasteiger partial charge in [-0.2, -0.15) is 0 Å². The average Bonchev–Trinajstić information content (AvgIpc) is 2.69. The predicted octanol–water partition coefficient (Wildman–Crippen LogP) is 4.16. The summed E-state index contributed by atoms with van der Waals surface area (Å²) in [5, 5.41) is 2.91. The highest BCUT2D eigenvalue weighted by Crippen LogP contribution is 2.22. The number of amides is 2. The Hall–Kier alpha value is -2.39. The molecule has 0 aromatic heterocycles. The number of nitrogens with one attached hydrogen (secondary N) is 1. The monoisotopic (exact) mass is 551 g/mol. The highest BCUT2D eigenvalue weighted by atomic mass is 79.9. The number of sulfonamides is 1. The summed E-state index contributed by atoms with van der Waals surface area (Å²) in [6.45, 7) is 10.8. The Morgan fingerprint density at radius 2 is 1.71 bits per heavy atom. The minimum absolute atomic E-state index is 0.154. The van der Waals surface area contributed by atoms with Crippen LogP contribution < -0.4 is 9.62 Å². The number of halogens is 1. The van der Waals surface area contributed by atoms with Crippen LogP contribution in [0.5, 0.6) is 0 Å². The third-order valence-corrected chi connectivity index (χ3v) is 7.00.